The number of methoxy groups -OCH3 is 1. The van der Waals surface area contributed by atoms with Crippen molar-refractivity contribution in [3.63, 3.8) is 0 Å². The van der Waals surface area contributed by atoms with E-state index in [4.69, 9.17) is 14.1 Å². The van der Waals surface area contributed by atoms with Crippen LogP contribution in [0.15, 0.2) is 59.0 Å². The molecule has 3 aromatic rings. The number of nitrogens with one attached hydrogen (secondary N) is 1. The lowest BCUT2D eigenvalue weighted by atomic mass is 10.1. The molecule has 0 radical (unpaired) electrons. The molecule has 6 nitrogen and oxygen atoms in total. The lowest BCUT2D eigenvalue weighted by Crippen LogP contribution is -2.48. The molecular weight excluding hydrogens is 400 g/mol. The molecule has 0 atom stereocenters. The van der Waals surface area contributed by atoms with Gasteiger partial charge >= 0.3 is 0 Å². The van der Waals surface area contributed by atoms with E-state index in [9.17, 15) is 0 Å². The van der Waals surface area contributed by atoms with Gasteiger partial charge in [-0.05, 0) is 18.6 Å². The van der Waals surface area contributed by atoms with Crippen LogP contribution in [0.5, 0.6) is 5.75 Å². The first-order chi connectivity index (χ1) is 15.8. The second kappa shape index (κ2) is 11.2. The van der Waals surface area contributed by atoms with Gasteiger partial charge in [-0.25, -0.2) is 4.98 Å². The summed E-state index contributed by atoms with van der Waals surface area (Å²) in [6.45, 7) is 9.01. The summed E-state index contributed by atoms with van der Waals surface area (Å²) in [5.74, 6) is 2.68. The number of rotatable bonds is 10. The number of nitrogens with zero attached hydrogens (tertiary/aromatic N) is 3. The first-order valence-electron chi connectivity index (χ1n) is 11.6. The Labute approximate surface area is 191 Å². The number of anilines is 1. The molecule has 170 valence electrons. The van der Waals surface area contributed by atoms with Crippen molar-refractivity contribution in [2.24, 2.45) is 0 Å². The molecular formula is C26H34N4O2. The second-order valence-electron chi connectivity index (χ2n) is 8.20. The third kappa shape index (κ3) is 5.69. The van der Waals surface area contributed by atoms with Crippen LogP contribution in [0.3, 0.4) is 0 Å². The molecule has 1 aromatic heterocycles. The zero-order chi connectivity index (χ0) is 22.2. The maximum absolute atomic E-state index is 6.08. The number of piperazine rings is 1. The summed E-state index contributed by atoms with van der Waals surface area (Å²) in [5.41, 5.74) is 3.32. The maximum atomic E-state index is 6.08. The number of hydrogen-bond acceptors (Lipinski definition) is 6. The number of hydrogen-bond donors (Lipinski definition) is 1. The Hall–Kier alpha value is -2.83. The van der Waals surface area contributed by atoms with Gasteiger partial charge in [0.15, 0.2) is 5.89 Å². The van der Waals surface area contributed by atoms with Gasteiger partial charge in [0.2, 0.25) is 0 Å². The molecule has 0 unspecified atom stereocenters. The predicted octanol–water partition coefficient (Wildman–Crippen LogP) is 4.21. The van der Waals surface area contributed by atoms with Crippen LogP contribution < -0.4 is 15.0 Å². The third-order valence-corrected chi connectivity index (χ3v) is 5.93. The Morgan fingerprint density at radius 1 is 1.03 bits per heavy atom. The molecule has 1 aliphatic rings. The van der Waals surface area contributed by atoms with E-state index in [-0.39, 0.29) is 0 Å². The molecule has 0 aliphatic carbocycles. The lowest BCUT2D eigenvalue weighted by Gasteiger charge is -2.36. The average Bonchev–Trinajstić information content (AvgIpc) is 3.25. The fourth-order valence-electron chi connectivity index (χ4n) is 4.14. The van der Waals surface area contributed by atoms with E-state index in [0.717, 1.165) is 80.8 Å². The van der Waals surface area contributed by atoms with Crippen molar-refractivity contribution in [2.45, 2.75) is 26.3 Å². The monoisotopic (exact) mass is 434 g/mol. The van der Waals surface area contributed by atoms with Gasteiger partial charge in [-0.1, -0.05) is 43.3 Å². The quantitative estimate of drug-likeness (QED) is 0.483. The number of oxazole rings is 1. The van der Waals surface area contributed by atoms with Crippen LogP contribution in [0.2, 0.25) is 0 Å². The Bertz CT molecular complexity index is 965. The summed E-state index contributed by atoms with van der Waals surface area (Å²) >= 11 is 0. The zero-order valence-electron chi connectivity index (χ0n) is 19.2. The zero-order valence-corrected chi connectivity index (χ0v) is 19.2. The Kier molecular flexibility index (Phi) is 7.80. The minimum Gasteiger partial charge on any atom is -0.497 e. The third-order valence-electron chi connectivity index (χ3n) is 5.93. The molecule has 2 heterocycles. The second-order valence-corrected chi connectivity index (χ2v) is 8.20. The van der Waals surface area contributed by atoms with E-state index in [1.165, 1.54) is 5.69 Å². The highest BCUT2D eigenvalue weighted by Crippen LogP contribution is 2.25. The van der Waals surface area contributed by atoms with Gasteiger partial charge in [-0.2, -0.15) is 0 Å². The van der Waals surface area contributed by atoms with E-state index in [2.05, 4.69) is 52.4 Å². The molecule has 2 aromatic carbocycles. The highest BCUT2D eigenvalue weighted by Gasteiger charge is 2.18. The van der Waals surface area contributed by atoms with E-state index < -0.39 is 0 Å². The van der Waals surface area contributed by atoms with Crippen LogP contribution in [0.4, 0.5) is 5.69 Å². The summed E-state index contributed by atoms with van der Waals surface area (Å²) < 4.78 is 11.4. The van der Waals surface area contributed by atoms with Crippen molar-refractivity contribution in [1.82, 2.24) is 15.2 Å². The van der Waals surface area contributed by atoms with Gasteiger partial charge in [0.1, 0.15) is 17.2 Å². The van der Waals surface area contributed by atoms with Crippen molar-refractivity contribution in [3.05, 3.63) is 66.2 Å². The largest absolute Gasteiger partial charge is 0.497 e. The van der Waals surface area contributed by atoms with Gasteiger partial charge in [-0.3, -0.25) is 4.90 Å². The summed E-state index contributed by atoms with van der Waals surface area (Å²) in [6, 6.07) is 18.6. The van der Waals surface area contributed by atoms with Crippen LogP contribution in [-0.2, 0) is 13.0 Å². The van der Waals surface area contributed by atoms with Gasteiger partial charge in [-0.15, -0.1) is 0 Å². The van der Waals surface area contributed by atoms with Crippen LogP contribution >= 0.6 is 0 Å². The fraction of sp³-hybridized carbons (Fsp3) is 0.423. The van der Waals surface area contributed by atoms with E-state index >= 15 is 0 Å². The molecule has 1 saturated heterocycles. The van der Waals surface area contributed by atoms with E-state index in [1.807, 2.05) is 24.3 Å². The molecule has 0 spiro atoms. The molecule has 0 bridgehead atoms. The average molecular weight is 435 g/mol. The topological polar surface area (TPSA) is 53.8 Å². The lowest BCUT2D eigenvalue weighted by molar-refractivity contribution is 0.256. The smallest absolute Gasteiger partial charge is 0.195 e. The minimum absolute atomic E-state index is 0.699. The molecule has 1 aliphatic heterocycles. The van der Waals surface area contributed by atoms with Gasteiger partial charge in [0.25, 0.3) is 0 Å². The molecule has 32 heavy (non-hydrogen) atoms. The summed E-state index contributed by atoms with van der Waals surface area (Å²) in [4.78, 5) is 9.71. The van der Waals surface area contributed by atoms with E-state index in [0.29, 0.717) is 6.54 Å². The van der Waals surface area contributed by atoms with Crippen molar-refractivity contribution >= 4 is 5.69 Å². The van der Waals surface area contributed by atoms with Gasteiger partial charge in [0, 0.05) is 63.0 Å². The van der Waals surface area contributed by atoms with Crippen molar-refractivity contribution in [1.29, 1.82) is 0 Å². The Balaban J connectivity index is 1.25. The molecule has 0 amide bonds. The number of ether oxygens (including phenoxy) is 1. The summed E-state index contributed by atoms with van der Waals surface area (Å²) in [6.07, 6.45) is 1.90. The number of aromatic nitrogens is 1. The molecule has 1 N–H and O–H groups in total. The summed E-state index contributed by atoms with van der Waals surface area (Å²) in [7, 11) is 1.72. The molecule has 0 saturated carbocycles. The highest BCUT2D eigenvalue weighted by molar-refractivity contribution is 5.61. The van der Waals surface area contributed by atoms with Crippen LogP contribution in [0.25, 0.3) is 11.3 Å². The Morgan fingerprint density at radius 2 is 1.84 bits per heavy atom. The minimum atomic E-state index is 0.699. The molecule has 6 heteroatoms. The fourth-order valence-corrected chi connectivity index (χ4v) is 4.14. The van der Waals surface area contributed by atoms with Crippen molar-refractivity contribution < 1.29 is 9.15 Å². The molecule has 1 fully saturated rings. The highest BCUT2D eigenvalue weighted by atomic mass is 16.5. The molecule has 4 rings (SSSR count). The standard InChI is InChI=1S/C26H34N4O2/c1-3-8-25-28-26(21-9-5-4-6-10-21)24(32-25)20-27-13-14-29-15-17-30(18-16-29)22-11-7-12-23(19-22)31-2/h4-7,9-12,19,27H,3,8,13-18,20H2,1-2H3. The predicted molar refractivity (Wildman–Crippen MR) is 129 cm³/mol. The van der Waals surface area contributed by atoms with Crippen LogP contribution in [0, 0.1) is 0 Å². The van der Waals surface area contributed by atoms with Crippen LogP contribution in [-0.4, -0.2) is 56.3 Å². The SMILES string of the molecule is CCCc1nc(-c2ccccc2)c(CNCCN2CCN(c3cccc(OC)c3)CC2)o1. The van der Waals surface area contributed by atoms with Gasteiger partial charge < -0.3 is 19.4 Å². The first-order valence-corrected chi connectivity index (χ1v) is 11.6. The van der Waals surface area contributed by atoms with Crippen LogP contribution in [0.1, 0.15) is 25.0 Å². The van der Waals surface area contributed by atoms with Crippen molar-refractivity contribution in [2.75, 3.05) is 51.3 Å². The Morgan fingerprint density at radius 3 is 2.59 bits per heavy atom. The normalized spacial score (nSPS) is 14.6. The maximum Gasteiger partial charge on any atom is 0.195 e. The number of aryl methyl sites for hydroxylation is 1. The van der Waals surface area contributed by atoms with Crippen molar-refractivity contribution in [3.8, 4) is 17.0 Å². The summed E-state index contributed by atoms with van der Waals surface area (Å²) in [5, 5.41) is 3.57. The first kappa shape index (κ1) is 22.4. The number of benzene rings is 2. The van der Waals surface area contributed by atoms with Gasteiger partial charge in [0.05, 0.1) is 13.7 Å². The van der Waals surface area contributed by atoms with E-state index in [1.54, 1.807) is 7.11 Å².